The molecule has 0 aromatic heterocycles. The fourth-order valence-electron chi connectivity index (χ4n) is 1.40. The highest BCUT2D eigenvalue weighted by atomic mass is 16.8. The van der Waals surface area contributed by atoms with Crippen LogP contribution in [-0.2, 0) is 19.0 Å². The van der Waals surface area contributed by atoms with Crippen LogP contribution in [-0.4, -0.2) is 30.6 Å². The minimum Gasteiger partial charge on any atom is -0.461 e. The first-order valence-electron chi connectivity index (χ1n) is 3.61. The van der Waals surface area contributed by atoms with Gasteiger partial charge in [-0.05, 0) is 13.8 Å². The van der Waals surface area contributed by atoms with Crippen molar-refractivity contribution >= 4 is 5.97 Å². The van der Waals surface area contributed by atoms with E-state index in [4.69, 9.17) is 14.2 Å². The van der Waals surface area contributed by atoms with E-state index in [1.54, 1.807) is 13.8 Å². The van der Waals surface area contributed by atoms with Gasteiger partial charge in [0.05, 0.1) is 0 Å². The van der Waals surface area contributed by atoms with E-state index in [1.807, 2.05) is 0 Å². The summed E-state index contributed by atoms with van der Waals surface area (Å²) in [6.07, 6.45) is -0.692. The maximum Gasteiger partial charge on any atom is 0.338 e. The van der Waals surface area contributed by atoms with E-state index < -0.39 is 11.9 Å². The van der Waals surface area contributed by atoms with E-state index in [-0.39, 0.29) is 12.1 Å². The zero-order valence-electron chi connectivity index (χ0n) is 6.49. The Morgan fingerprint density at radius 3 is 2.82 bits per heavy atom. The summed E-state index contributed by atoms with van der Waals surface area (Å²) in [5.74, 6) is -0.935. The first kappa shape index (κ1) is 7.06. The number of hydrogen-bond acceptors (Lipinski definition) is 4. The van der Waals surface area contributed by atoms with Gasteiger partial charge in [-0.2, -0.15) is 0 Å². The van der Waals surface area contributed by atoms with E-state index in [0.717, 1.165) is 0 Å². The average molecular weight is 158 g/mol. The van der Waals surface area contributed by atoms with Gasteiger partial charge in [0.1, 0.15) is 12.7 Å². The molecule has 0 aromatic carbocycles. The molecule has 0 N–H and O–H groups in total. The summed E-state index contributed by atoms with van der Waals surface area (Å²) in [5, 5.41) is 0. The third kappa shape index (κ3) is 1.02. The van der Waals surface area contributed by atoms with Crippen molar-refractivity contribution in [2.45, 2.75) is 31.8 Å². The average Bonchev–Trinajstić information content (AvgIpc) is 2.31. The van der Waals surface area contributed by atoms with Gasteiger partial charge >= 0.3 is 5.97 Å². The molecule has 2 fully saturated rings. The molecule has 2 rings (SSSR count). The third-order valence-corrected chi connectivity index (χ3v) is 1.81. The predicted octanol–water partition coefficient (Wildman–Crippen LogP) is 0.0633. The van der Waals surface area contributed by atoms with Crippen molar-refractivity contribution in [2.75, 3.05) is 6.61 Å². The molecule has 2 aliphatic heterocycles. The predicted molar refractivity (Wildman–Crippen MR) is 34.8 cm³/mol. The summed E-state index contributed by atoms with van der Waals surface area (Å²) in [6, 6.07) is 0. The summed E-state index contributed by atoms with van der Waals surface area (Å²) < 4.78 is 15.4. The zero-order valence-corrected chi connectivity index (χ0v) is 6.49. The molecule has 2 atom stereocenters. The molecule has 0 saturated carbocycles. The standard InChI is InChI=1S/C7H10O4/c1-7(2)10-4-3-9-6(8)5(4)11-7/h4-5H,3H2,1-2H3/t4-,5+/m1/s1. The van der Waals surface area contributed by atoms with Crippen LogP contribution in [0, 0.1) is 0 Å². The van der Waals surface area contributed by atoms with Crippen molar-refractivity contribution in [1.29, 1.82) is 0 Å². The van der Waals surface area contributed by atoms with Gasteiger partial charge < -0.3 is 14.2 Å². The monoisotopic (exact) mass is 158 g/mol. The summed E-state index contributed by atoms with van der Waals surface area (Å²) in [5.41, 5.74) is 0. The highest BCUT2D eigenvalue weighted by Crippen LogP contribution is 2.32. The number of carbonyl (C=O) groups excluding carboxylic acids is 1. The van der Waals surface area contributed by atoms with Crippen molar-refractivity contribution < 1.29 is 19.0 Å². The van der Waals surface area contributed by atoms with Crippen molar-refractivity contribution in [3.63, 3.8) is 0 Å². The Kier molecular flexibility index (Phi) is 1.25. The molecule has 0 radical (unpaired) electrons. The minimum atomic E-state index is -0.630. The van der Waals surface area contributed by atoms with Crippen LogP contribution >= 0.6 is 0 Å². The Morgan fingerprint density at radius 1 is 1.45 bits per heavy atom. The molecule has 0 aliphatic carbocycles. The number of hydrogen-bond donors (Lipinski definition) is 0. The topological polar surface area (TPSA) is 44.8 Å². The van der Waals surface area contributed by atoms with E-state index >= 15 is 0 Å². The Hall–Kier alpha value is -0.610. The molecule has 2 aliphatic rings. The van der Waals surface area contributed by atoms with Crippen LogP contribution in [0.15, 0.2) is 0 Å². The van der Waals surface area contributed by atoms with Crippen LogP contribution in [0.25, 0.3) is 0 Å². The molecular formula is C7H10O4. The molecule has 2 heterocycles. The maximum atomic E-state index is 10.9. The molecule has 0 aromatic rings. The van der Waals surface area contributed by atoms with Gasteiger partial charge in [-0.25, -0.2) is 4.79 Å². The molecule has 0 spiro atoms. The lowest BCUT2D eigenvalue weighted by Gasteiger charge is -2.17. The van der Waals surface area contributed by atoms with Gasteiger partial charge in [-0.3, -0.25) is 0 Å². The lowest BCUT2D eigenvalue weighted by molar-refractivity contribution is -0.178. The third-order valence-electron chi connectivity index (χ3n) is 1.81. The van der Waals surface area contributed by atoms with E-state index in [2.05, 4.69) is 0 Å². The van der Waals surface area contributed by atoms with Crippen molar-refractivity contribution in [2.24, 2.45) is 0 Å². The van der Waals surface area contributed by atoms with Gasteiger partial charge in [-0.1, -0.05) is 0 Å². The maximum absolute atomic E-state index is 10.9. The van der Waals surface area contributed by atoms with Crippen LogP contribution in [0.1, 0.15) is 13.8 Å². The second-order valence-corrected chi connectivity index (χ2v) is 3.22. The lowest BCUT2D eigenvalue weighted by Crippen LogP contribution is -2.25. The Morgan fingerprint density at radius 2 is 2.18 bits per heavy atom. The number of carbonyl (C=O) groups is 1. The molecule has 0 unspecified atom stereocenters. The second-order valence-electron chi connectivity index (χ2n) is 3.22. The first-order valence-corrected chi connectivity index (χ1v) is 3.61. The smallest absolute Gasteiger partial charge is 0.338 e. The van der Waals surface area contributed by atoms with Crippen LogP contribution in [0.4, 0.5) is 0 Å². The van der Waals surface area contributed by atoms with Crippen LogP contribution in [0.2, 0.25) is 0 Å². The lowest BCUT2D eigenvalue weighted by atomic mass is 10.3. The summed E-state index contributed by atoms with van der Waals surface area (Å²) >= 11 is 0. The fraction of sp³-hybridized carbons (Fsp3) is 0.857. The van der Waals surface area contributed by atoms with Gasteiger partial charge in [0.25, 0.3) is 0 Å². The van der Waals surface area contributed by atoms with Crippen LogP contribution in [0.3, 0.4) is 0 Å². The van der Waals surface area contributed by atoms with E-state index in [1.165, 1.54) is 0 Å². The molecule has 0 bridgehead atoms. The van der Waals surface area contributed by atoms with Crippen molar-refractivity contribution in [3.05, 3.63) is 0 Å². The molecular weight excluding hydrogens is 148 g/mol. The summed E-state index contributed by atoms with van der Waals surface area (Å²) in [4.78, 5) is 10.9. The summed E-state index contributed by atoms with van der Waals surface area (Å²) in [7, 11) is 0. The van der Waals surface area contributed by atoms with Crippen molar-refractivity contribution in [1.82, 2.24) is 0 Å². The number of cyclic esters (lactones) is 1. The normalized spacial score (nSPS) is 40.4. The molecule has 4 heteroatoms. The number of rotatable bonds is 0. The number of esters is 1. The number of ether oxygens (including phenoxy) is 3. The fourth-order valence-corrected chi connectivity index (χ4v) is 1.40. The highest BCUT2D eigenvalue weighted by molar-refractivity contribution is 5.77. The molecule has 11 heavy (non-hydrogen) atoms. The minimum absolute atomic E-state index is 0.197. The molecule has 0 amide bonds. The van der Waals surface area contributed by atoms with E-state index in [9.17, 15) is 4.79 Å². The molecule has 62 valence electrons. The Labute approximate surface area is 64.4 Å². The second kappa shape index (κ2) is 1.95. The quantitative estimate of drug-likeness (QED) is 0.468. The SMILES string of the molecule is CC1(C)O[C@@H]2C(=O)OC[C@H]2O1. The van der Waals surface area contributed by atoms with Gasteiger partial charge in [0, 0.05) is 0 Å². The Bertz CT molecular complexity index is 199. The van der Waals surface area contributed by atoms with E-state index in [0.29, 0.717) is 6.61 Å². The zero-order chi connectivity index (χ0) is 8.06. The first-order chi connectivity index (χ1) is 5.08. The van der Waals surface area contributed by atoms with Crippen LogP contribution < -0.4 is 0 Å². The summed E-state index contributed by atoms with van der Waals surface area (Å²) in [6.45, 7) is 3.91. The Balaban J connectivity index is 2.16. The van der Waals surface area contributed by atoms with Gasteiger partial charge in [0.15, 0.2) is 11.9 Å². The van der Waals surface area contributed by atoms with Crippen LogP contribution in [0.5, 0.6) is 0 Å². The van der Waals surface area contributed by atoms with Gasteiger partial charge in [-0.15, -0.1) is 0 Å². The van der Waals surface area contributed by atoms with Crippen molar-refractivity contribution in [3.8, 4) is 0 Å². The highest BCUT2D eigenvalue weighted by Gasteiger charge is 2.50. The molecule has 2 saturated heterocycles. The molecule has 4 nitrogen and oxygen atoms in total. The largest absolute Gasteiger partial charge is 0.461 e. The van der Waals surface area contributed by atoms with Gasteiger partial charge in [0.2, 0.25) is 0 Å². The number of fused-ring (bicyclic) bond motifs is 1.